The molecule has 0 radical (unpaired) electrons. The van der Waals surface area contributed by atoms with Gasteiger partial charge in [-0.15, -0.1) is 0 Å². The number of rotatable bonds is 5. The van der Waals surface area contributed by atoms with E-state index in [1.807, 2.05) is 0 Å². The van der Waals surface area contributed by atoms with Gasteiger partial charge in [0.15, 0.2) is 0 Å². The highest BCUT2D eigenvalue weighted by Gasteiger charge is 2.19. The van der Waals surface area contributed by atoms with Crippen LogP contribution in [0, 0.1) is 0 Å². The molecule has 2 N–H and O–H groups in total. The second-order valence-electron chi connectivity index (χ2n) is 4.05. The molecule has 112 valence electrons. The molecule has 0 amide bonds. The SMILES string of the molecule is CNc1ncccc1S(=O)(=O)Nc1ccc(Br)c(OC)c1. The number of pyridine rings is 1. The van der Waals surface area contributed by atoms with Crippen molar-refractivity contribution in [2.75, 3.05) is 24.2 Å². The van der Waals surface area contributed by atoms with E-state index in [0.29, 0.717) is 11.4 Å². The second-order valence-corrected chi connectivity index (χ2v) is 6.56. The van der Waals surface area contributed by atoms with Crippen LogP contribution in [0.5, 0.6) is 5.75 Å². The van der Waals surface area contributed by atoms with Crippen molar-refractivity contribution < 1.29 is 13.2 Å². The van der Waals surface area contributed by atoms with Crippen LogP contribution in [0.15, 0.2) is 45.9 Å². The largest absolute Gasteiger partial charge is 0.495 e. The Hall–Kier alpha value is -1.80. The Balaban J connectivity index is 2.37. The number of aromatic nitrogens is 1. The minimum absolute atomic E-state index is 0.0781. The normalized spacial score (nSPS) is 11.0. The molecule has 0 saturated heterocycles. The summed E-state index contributed by atoms with van der Waals surface area (Å²) in [6, 6.07) is 7.99. The van der Waals surface area contributed by atoms with Crippen LogP contribution in [0.1, 0.15) is 0 Å². The van der Waals surface area contributed by atoms with Crippen LogP contribution < -0.4 is 14.8 Å². The van der Waals surface area contributed by atoms with Crippen molar-refractivity contribution in [3.8, 4) is 5.75 Å². The monoisotopic (exact) mass is 371 g/mol. The molecule has 0 saturated carbocycles. The quantitative estimate of drug-likeness (QED) is 0.844. The molecule has 0 fully saturated rings. The number of halogens is 1. The minimum atomic E-state index is -3.74. The molecular formula is C13H14BrN3O3S. The lowest BCUT2D eigenvalue weighted by molar-refractivity contribution is 0.412. The van der Waals surface area contributed by atoms with E-state index in [0.717, 1.165) is 4.47 Å². The van der Waals surface area contributed by atoms with E-state index >= 15 is 0 Å². The predicted molar refractivity (Wildman–Crippen MR) is 85.3 cm³/mol. The second kappa shape index (κ2) is 6.31. The van der Waals surface area contributed by atoms with Crippen LogP contribution >= 0.6 is 15.9 Å². The maximum Gasteiger partial charge on any atom is 0.265 e. The molecule has 21 heavy (non-hydrogen) atoms. The van der Waals surface area contributed by atoms with Crippen LogP contribution in [-0.4, -0.2) is 27.6 Å². The molecule has 0 aliphatic heterocycles. The molecule has 0 aliphatic carbocycles. The maximum atomic E-state index is 12.4. The van der Waals surface area contributed by atoms with Crippen LogP contribution in [-0.2, 0) is 10.0 Å². The summed E-state index contributed by atoms with van der Waals surface area (Å²) < 4.78 is 33.2. The first-order valence-electron chi connectivity index (χ1n) is 5.97. The molecule has 0 unspecified atom stereocenters. The maximum absolute atomic E-state index is 12.4. The molecule has 1 aromatic heterocycles. The lowest BCUT2D eigenvalue weighted by atomic mass is 10.3. The molecule has 1 heterocycles. The molecule has 8 heteroatoms. The van der Waals surface area contributed by atoms with Crippen molar-refractivity contribution in [2.24, 2.45) is 0 Å². The minimum Gasteiger partial charge on any atom is -0.495 e. The van der Waals surface area contributed by atoms with Gasteiger partial charge in [0.1, 0.15) is 16.5 Å². The zero-order valence-electron chi connectivity index (χ0n) is 11.4. The first-order chi connectivity index (χ1) is 9.97. The Morgan fingerprint density at radius 3 is 2.71 bits per heavy atom. The topological polar surface area (TPSA) is 80.3 Å². The summed E-state index contributed by atoms with van der Waals surface area (Å²) in [4.78, 5) is 4.07. The lowest BCUT2D eigenvalue weighted by Gasteiger charge is -2.12. The molecule has 0 bridgehead atoms. The van der Waals surface area contributed by atoms with Crippen molar-refractivity contribution in [2.45, 2.75) is 4.90 Å². The lowest BCUT2D eigenvalue weighted by Crippen LogP contribution is -2.15. The van der Waals surface area contributed by atoms with E-state index in [9.17, 15) is 8.42 Å². The summed E-state index contributed by atoms with van der Waals surface area (Å²) >= 11 is 3.32. The standard InChI is InChI=1S/C13H14BrN3O3S/c1-15-13-12(4-3-7-16-13)21(18,19)17-9-5-6-10(14)11(8-9)20-2/h3-8,17H,1-2H3,(H,15,16). The van der Waals surface area contributed by atoms with E-state index in [1.165, 1.54) is 19.4 Å². The molecule has 0 aliphatic rings. The van der Waals surface area contributed by atoms with Gasteiger partial charge in [-0.1, -0.05) is 0 Å². The predicted octanol–water partition coefficient (Wildman–Crippen LogP) is 2.70. The number of hydrogen-bond acceptors (Lipinski definition) is 5. The number of hydrogen-bond donors (Lipinski definition) is 2. The molecule has 0 atom stereocenters. The van der Waals surface area contributed by atoms with E-state index in [2.05, 4.69) is 31.0 Å². The summed E-state index contributed by atoms with van der Waals surface area (Å²) in [5.74, 6) is 0.823. The third kappa shape index (κ3) is 3.45. The fraction of sp³-hybridized carbons (Fsp3) is 0.154. The first kappa shape index (κ1) is 15.6. The summed E-state index contributed by atoms with van der Waals surface area (Å²) in [6.45, 7) is 0. The average molecular weight is 372 g/mol. The number of benzene rings is 1. The van der Waals surface area contributed by atoms with Crippen LogP contribution in [0.3, 0.4) is 0 Å². The summed E-state index contributed by atoms with van der Waals surface area (Å²) in [7, 11) is -0.612. The van der Waals surface area contributed by atoms with E-state index in [1.54, 1.807) is 31.3 Å². The van der Waals surface area contributed by atoms with Gasteiger partial charge >= 0.3 is 0 Å². The average Bonchev–Trinajstić information content (AvgIpc) is 2.49. The Morgan fingerprint density at radius 1 is 1.29 bits per heavy atom. The van der Waals surface area contributed by atoms with Crippen LogP contribution in [0.25, 0.3) is 0 Å². The van der Waals surface area contributed by atoms with Gasteiger partial charge in [0, 0.05) is 19.3 Å². The Kier molecular flexibility index (Phi) is 4.69. The van der Waals surface area contributed by atoms with Crippen molar-refractivity contribution in [3.63, 3.8) is 0 Å². The highest BCUT2D eigenvalue weighted by molar-refractivity contribution is 9.10. The first-order valence-corrected chi connectivity index (χ1v) is 8.24. The van der Waals surface area contributed by atoms with Crippen molar-refractivity contribution in [3.05, 3.63) is 41.0 Å². The van der Waals surface area contributed by atoms with Crippen molar-refractivity contribution in [1.82, 2.24) is 4.98 Å². The molecule has 2 rings (SSSR count). The fourth-order valence-electron chi connectivity index (χ4n) is 1.73. The van der Waals surface area contributed by atoms with Crippen molar-refractivity contribution >= 4 is 37.5 Å². The number of anilines is 2. The number of methoxy groups -OCH3 is 1. The Morgan fingerprint density at radius 2 is 2.05 bits per heavy atom. The van der Waals surface area contributed by atoms with Crippen LogP contribution in [0.2, 0.25) is 0 Å². The van der Waals surface area contributed by atoms with Gasteiger partial charge in [-0.3, -0.25) is 4.72 Å². The summed E-state index contributed by atoms with van der Waals surface area (Å²) in [5, 5.41) is 2.76. The van der Waals surface area contributed by atoms with E-state index in [4.69, 9.17) is 4.74 Å². The number of sulfonamides is 1. The number of ether oxygens (including phenoxy) is 1. The Bertz CT molecular complexity index is 750. The van der Waals surface area contributed by atoms with E-state index < -0.39 is 10.0 Å². The number of nitrogens with one attached hydrogen (secondary N) is 2. The third-order valence-corrected chi connectivity index (χ3v) is 4.77. The fourth-order valence-corrected chi connectivity index (χ4v) is 3.35. The van der Waals surface area contributed by atoms with Gasteiger partial charge in [0.2, 0.25) is 0 Å². The molecular weight excluding hydrogens is 358 g/mol. The zero-order chi connectivity index (χ0) is 15.5. The number of nitrogens with zero attached hydrogens (tertiary/aromatic N) is 1. The van der Waals surface area contributed by atoms with E-state index in [-0.39, 0.29) is 10.7 Å². The highest BCUT2D eigenvalue weighted by Crippen LogP contribution is 2.29. The smallest absolute Gasteiger partial charge is 0.265 e. The van der Waals surface area contributed by atoms with Gasteiger partial charge < -0.3 is 10.1 Å². The third-order valence-electron chi connectivity index (χ3n) is 2.70. The van der Waals surface area contributed by atoms with Gasteiger partial charge in [-0.05, 0) is 40.2 Å². The Labute approximate surface area is 131 Å². The van der Waals surface area contributed by atoms with Gasteiger partial charge in [0.25, 0.3) is 10.0 Å². The molecule has 0 spiro atoms. The summed E-state index contributed by atoms with van der Waals surface area (Å²) in [6.07, 6.45) is 1.52. The highest BCUT2D eigenvalue weighted by atomic mass is 79.9. The van der Waals surface area contributed by atoms with Crippen LogP contribution in [0.4, 0.5) is 11.5 Å². The molecule has 6 nitrogen and oxygen atoms in total. The zero-order valence-corrected chi connectivity index (χ0v) is 13.8. The molecule has 1 aromatic carbocycles. The van der Waals surface area contributed by atoms with Gasteiger partial charge in [-0.2, -0.15) is 0 Å². The summed E-state index contributed by atoms with van der Waals surface area (Å²) in [5.41, 5.74) is 0.404. The molecule has 2 aromatic rings. The van der Waals surface area contributed by atoms with Gasteiger partial charge in [0.05, 0.1) is 17.3 Å². The van der Waals surface area contributed by atoms with Crippen molar-refractivity contribution in [1.29, 1.82) is 0 Å². The van der Waals surface area contributed by atoms with Gasteiger partial charge in [-0.25, -0.2) is 13.4 Å².